The van der Waals surface area contributed by atoms with Gasteiger partial charge >= 0.3 is 11.9 Å². The van der Waals surface area contributed by atoms with E-state index in [-0.39, 0.29) is 26.4 Å². The van der Waals surface area contributed by atoms with E-state index in [9.17, 15) is 19.8 Å². The molecule has 0 spiro atoms. The molecule has 2 rings (SSSR count). The predicted octanol–water partition coefficient (Wildman–Crippen LogP) is 6.64. The Morgan fingerprint density at radius 2 is 0.939 bits per heavy atom. The molecule has 0 aliphatic heterocycles. The fourth-order valence-corrected chi connectivity index (χ4v) is 5.18. The SMILES string of the molecule is C=CCc1cc(C(C)(C)c2cc(CC=C)c(OCC(O)COC(=O)C=CC)c(CC=C)c2)cc(CC=C)c1OCC(O)COC(=O)C=CC. The van der Waals surface area contributed by atoms with Crippen molar-refractivity contribution in [1.29, 1.82) is 0 Å². The minimum Gasteiger partial charge on any atom is -0.490 e. The van der Waals surface area contributed by atoms with Crippen molar-refractivity contribution in [3.8, 4) is 11.5 Å². The highest BCUT2D eigenvalue weighted by Gasteiger charge is 2.28. The van der Waals surface area contributed by atoms with Crippen molar-refractivity contribution < 1.29 is 38.7 Å². The summed E-state index contributed by atoms with van der Waals surface area (Å²) in [6, 6.07) is 8.38. The molecule has 0 amide bonds. The molecule has 2 unspecified atom stereocenters. The highest BCUT2D eigenvalue weighted by atomic mass is 16.6. The molecule has 8 nitrogen and oxygen atoms in total. The van der Waals surface area contributed by atoms with Crippen molar-refractivity contribution in [2.45, 2.75) is 71.0 Å². The number of benzene rings is 2. The molecule has 0 aliphatic carbocycles. The molecule has 2 aromatic carbocycles. The van der Waals surface area contributed by atoms with Crippen LogP contribution < -0.4 is 9.47 Å². The highest BCUT2D eigenvalue weighted by Crippen LogP contribution is 2.40. The van der Waals surface area contributed by atoms with E-state index in [2.05, 4.69) is 64.4 Å². The molecule has 0 aliphatic rings. The Balaban J connectivity index is 2.51. The third kappa shape index (κ3) is 12.4. The van der Waals surface area contributed by atoms with Gasteiger partial charge in [0.25, 0.3) is 0 Å². The number of aliphatic hydroxyl groups excluding tert-OH is 2. The number of hydrogen-bond acceptors (Lipinski definition) is 8. The van der Waals surface area contributed by atoms with E-state index in [0.717, 1.165) is 33.4 Å². The highest BCUT2D eigenvalue weighted by molar-refractivity contribution is 5.82. The van der Waals surface area contributed by atoms with Crippen LogP contribution in [0.25, 0.3) is 0 Å². The Labute approximate surface area is 291 Å². The Bertz CT molecular complexity index is 1340. The van der Waals surface area contributed by atoms with Gasteiger partial charge in [-0.2, -0.15) is 0 Å². The van der Waals surface area contributed by atoms with Crippen molar-refractivity contribution in [2.75, 3.05) is 26.4 Å². The van der Waals surface area contributed by atoms with Gasteiger partial charge in [0, 0.05) is 17.6 Å². The predicted molar refractivity (Wildman–Crippen MR) is 195 cm³/mol. The molecule has 0 saturated heterocycles. The average Bonchev–Trinajstić information content (AvgIpc) is 3.06. The third-order valence-corrected chi connectivity index (χ3v) is 7.67. The summed E-state index contributed by atoms with van der Waals surface area (Å²) in [5.41, 5.74) is 5.19. The summed E-state index contributed by atoms with van der Waals surface area (Å²) in [5, 5.41) is 20.9. The first-order valence-electron chi connectivity index (χ1n) is 16.4. The van der Waals surface area contributed by atoms with E-state index < -0.39 is 29.6 Å². The minimum atomic E-state index is -1.01. The maximum absolute atomic E-state index is 11.7. The Morgan fingerprint density at radius 1 is 0.633 bits per heavy atom. The summed E-state index contributed by atoms with van der Waals surface area (Å²) in [6.45, 7) is 23.0. The molecule has 0 fully saturated rings. The van der Waals surface area contributed by atoms with Gasteiger partial charge in [-0.15, -0.1) is 26.3 Å². The van der Waals surface area contributed by atoms with Gasteiger partial charge in [-0.05, 0) is 72.9 Å². The Hall–Kier alpha value is -4.66. The first-order chi connectivity index (χ1) is 23.4. The smallest absolute Gasteiger partial charge is 0.330 e. The van der Waals surface area contributed by atoms with Crippen LogP contribution in [0, 0.1) is 0 Å². The molecule has 0 aromatic heterocycles. The standard InChI is InChI=1S/C41H52O8/c1-9-15-29-21-33(22-30(16-10-2)39(29)48-27-35(42)25-46-37(44)19-13-5)41(7,8)34-23-31(17-11-3)40(32(24-34)18-12-4)49-28-36(43)26-47-38(45)20-14-6/h9-14,19-24,35-36,42-43H,1-4,15-18,25-28H2,5-8H3. The first kappa shape index (κ1) is 40.5. The molecule has 0 bridgehead atoms. The van der Waals surface area contributed by atoms with Crippen LogP contribution in [0.2, 0.25) is 0 Å². The lowest BCUT2D eigenvalue weighted by molar-refractivity contribution is -0.142. The van der Waals surface area contributed by atoms with E-state index in [0.29, 0.717) is 37.2 Å². The van der Waals surface area contributed by atoms with Crippen molar-refractivity contribution in [3.05, 3.63) is 133 Å². The summed E-state index contributed by atoms with van der Waals surface area (Å²) < 4.78 is 22.5. The number of esters is 2. The van der Waals surface area contributed by atoms with Crippen LogP contribution in [0.15, 0.2) is 99.2 Å². The summed E-state index contributed by atoms with van der Waals surface area (Å²) in [6.07, 6.45) is 13.0. The topological polar surface area (TPSA) is 112 Å². The number of allylic oxidation sites excluding steroid dienone is 6. The molecule has 8 heteroatoms. The second kappa shape index (κ2) is 20.6. The largest absolute Gasteiger partial charge is 0.490 e. The fraction of sp³-hybridized carbons (Fsp3) is 0.366. The second-order valence-electron chi connectivity index (χ2n) is 12.0. The van der Waals surface area contributed by atoms with Crippen molar-refractivity contribution in [2.24, 2.45) is 0 Å². The lowest BCUT2D eigenvalue weighted by atomic mass is 9.75. The normalized spacial score (nSPS) is 12.7. The first-order valence-corrected chi connectivity index (χ1v) is 16.4. The zero-order chi connectivity index (χ0) is 36.4. The summed E-state index contributed by atoms with van der Waals surface area (Å²) in [7, 11) is 0. The van der Waals surface area contributed by atoms with Gasteiger partial charge in [0.1, 0.15) is 50.1 Å². The van der Waals surface area contributed by atoms with Gasteiger partial charge in [0.15, 0.2) is 0 Å². The minimum absolute atomic E-state index is 0.0651. The lowest BCUT2D eigenvalue weighted by Crippen LogP contribution is -2.26. The number of carbonyl (C=O) groups is 2. The average molecular weight is 673 g/mol. The van der Waals surface area contributed by atoms with Gasteiger partial charge in [0.05, 0.1) is 0 Å². The Kier molecular flexibility index (Phi) is 17.1. The van der Waals surface area contributed by atoms with Crippen LogP contribution in [-0.4, -0.2) is 60.8 Å². The zero-order valence-corrected chi connectivity index (χ0v) is 29.4. The number of hydrogen-bond donors (Lipinski definition) is 2. The molecule has 264 valence electrons. The van der Waals surface area contributed by atoms with Gasteiger partial charge in [-0.1, -0.05) is 74.6 Å². The molecule has 2 aromatic rings. The molecular formula is C41H52O8. The van der Waals surface area contributed by atoms with Gasteiger partial charge in [0.2, 0.25) is 0 Å². The van der Waals surface area contributed by atoms with Crippen LogP contribution in [0.3, 0.4) is 0 Å². The lowest BCUT2D eigenvalue weighted by Gasteiger charge is -2.30. The number of aliphatic hydroxyl groups is 2. The van der Waals surface area contributed by atoms with Gasteiger partial charge in [-0.25, -0.2) is 9.59 Å². The zero-order valence-electron chi connectivity index (χ0n) is 29.4. The van der Waals surface area contributed by atoms with Crippen LogP contribution in [0.1, 0.15) is 61.1 Å². The van der Waals surface area contributed by atoms with Crippen molar-refractivity contribution >= 4 is 11.9 Å². The van der Waals surface area contributed by atoms with Crippen molar-refractivity contribution in [1.82, 2.24) is 0 Å². The van der Waals surface area contributed by atoms with Crippen LogP contribution >= 0.6 is 0 Å². The number of ether oxygens (including phenoxy) is 4. The maximum atomic E-state index is 11.7. The van der Waals surface area contributed by atoms with Gasteiger partial charge in [-0.3, -0.25) is 0 Å². The van der Waals surface area contributed by atoms with Gasteiger partial charge < -0.3 is 29.2 Å². The number of rotatable bonds is 22. The van der Waals surface area contributed by atoms with E-state index in [1.807, 2.05) is 0 Å². The molecule has 0 heterocycles. The second-order valence-corrected chi connectivity index (χ2v) is 12.0. The summed E-state index contributed by atoms with van der Waals surface area (Å²) >= 11 is 0. The third-order valence-electron chi connectivity index (χ3n) is 7.67. The molecule has 0 saturated carbocycles. The fourth-order valence-electron chi connectivity index (χ4n) is 5.18. The van der Waals surface area contributed by atoms with E-state index >= 15 is 0 Å². The molecule has 2 N–H and O–H groups in total. The molecule has 49 heavy (non-hydrogen) atoms. The summed E-state index contributed by atoms with van der Waals surface area (Å²) in [4.78, 5) is 23.4. The molecule has 0 radical (unpaired) electrons. The quantitative estimate of drug-likeness (QED) is 0.0814. The maximum Gasteiger partial charge on any atom is 0.330 e. The van der Waals surface area contributed by atoms with E-state index in [4.69, 9.17) is 18.9 Å². The summed E-state index contributed by atoms with van der Waals surface area (Å²) in [5.74, 6) is 0.217. The van der Waals surface area contributed by atoms with Crippen LogP contribution in [0.5, 0.6) is 11.5 Å². The number of carbonyl (C=O) groups excluding carboxylic acids is 2. The molecule has 2 atom stereocenters. The van der Waals surface area contributed by atoms with Crippen LogP contribution in [-0.2, 0) is 50.2 Å². The van der Waals surface area contributed by atoms with E-state index in [1.165, 1.54) is 12.2 Å². The Morgan fingerprint density at radius 3 is 1.20 bits per heavy atom. The van der Waals surface area contributed by atoms with Crippen LogP contribution in [0.4, 0.5) is 0 Å². The van der Waals surface area contributed by atoms with Crippen molar-refractivity contribution in [3.63, 3.8) is 0 Å². The van der Waals surface area contributed by atoms with E-state index in [1.54, 1.807) is 50.3 Å². The monoisotopic (exact) mass is 672 g/mol. The molecular weight excluding hydrogens is 620 g/mol.